The Kier molecular flexibility index (Phi) is 4.29. The number of carbonyl (C=O) groups excluding carboxylic acids is 1. The van der Waals surface area contributed by atoms with E-state index in [1.807, 2.05) is 30.6 Å². The lowest BCUT2D eigenvalue weighted by Gasteiger charge is -2.35. The molecule has 1 fully saturated rings. The van der Waals surface area contributed by atoms with Gasteiger partial charge in [-0.15, -0.1) is 0 Å². The molecule has 3 rings (SSSR count). The molecule has 3 heterocycles. The fourth-order valence-electron chi connectivity index (χ4n) is 2.56. The second-order valence-electron chi connectivity index (χ2n) is 5.28. The summed E-state index contributed by atoms with van der Waals surface area (Å²) >= 11 is 0. The van der Waals surface area contributed by atoms with Gasteiger partial charge in [0.1, 0.15) is 11.5 Å². The van der Waals surface area contributed by atoms with Crippen molar-refractivity contribution >= 4 is 11.7 Å². The van der Waals surface area contributed by atoms with Crippen molar-refractivity contribution in [3.8, 4) is 0 Å². The standard InChI is InChI=1S/C16H18N5O/c17-16(22)14-2-1-3-15(19-14)21-10-8-20(9-11-21)12-13-4-6-18-7-5-13/h1,3-7H,8-12H2,(H2,17,22). The molecule has 1 amide bonds. The smallest absolute Gasteiger partial charge is 0.268 e. The number of anilines is 1. The number of aromatic nitrogens is 2. The van der Waals surface area contributed by atoms with Crippen LogP contribution in [0.1, 0.15) is 16.1 Å². The number of nitrogens with two attached hydrogens (primary N) is 1. The summed E-state index contributed by atoms with van der Waals surface area (Å²) in [5.74, 6) is 0.245. The van der Waals surface area contributed by atoms with Gasteiger partial charge in [0.15, 0.2) is 0 Å². The molecule has 0 bridgehead atoms. The van der Waals surface area contributed by atoms with Crippen LogP contribution in [-0.4, -0.2) is 47.0 Å². The monoisotopic (exact) mass is 296 g/mol. The molecule has 2 N–H and O–H groups in total. The highest BCUT2D eigenvalue weighted by Crippen LogP contribution is 2.15. The normalized spacial score (nSPS) is 15.7. The summed E-state index contributed by atoms with van der Waals surface area (Å²) in [5.41, 5.74) is 6.72. The molecule has 0 unspecified atom stereocenters. The molecular formula is C16H18N5O. The van der Waals surface area contributed by atoms with Gasteiger partial charge in [-0.1, -0.05) is 0 Å². The molecular weight excluding hydrogens is 278 g/mol. The molecule has 6 nitrogen and oxygen atoms in total. The highest BCUT2D eigenvalue weighted by Gasteiger charge is 2.18. The maximum Gasteiger partial charge on any atom is 0.268 e. The summed E-state index contributed by atoms with van der Waals surface area (Å²) in [7, 11) is 0. The van der Waals surface area contributed by atoms with Gasteiger partial charge in [0.25, 0.3) is 5.91 Å². The van der Waals surface area contributed by atoms with E-state index in [0.29, 0.717) is 0 Å². The van der Waals surface area contributed by atoms with Gasteiger partial charge in [0, 0.05) is 51.2 Å². The van der Waals surface area contributed by atoms with E-state index in [1.54, 1.807) is 6.07 Å². The molecule has 0 spiro atoms. The first-order chi connectivity index (χ1) is 10.7. The van der Waals surface area contributed by atoms with Gasteiger partial charge < -0.3 is 10.6 Å². The van der Waals surface area contributed by atoms with Crippen LogP contribution in [-0.2, 0) is 6.54 Å². The molecule has 0 saturated carbocycles. The lowest BCUT2D eigenvalue weighted by Crippen LogP contribution is -2.46. The Morgan fingerprint density at radius 2 is 1.91 bits per heavy atom. The maximum atomic E-state index is 11.2. The van der Waals surface area contributed by atoms with Crippen molar-refractivity contribution in [2.45, 2.75) is 6.54 Å². The summed E-state index contributed by atoms with van der Waals surface area (Å²) in [4.78, 5) is 24.1. The van der Waals surface area contributed by atoms with Gasteiger partial charge in [-0.3, -0.25) is 14.7 Å². The van der Waals surface area contributed by atoms with E-state index in [0.717, 1.165) is 38.5 Å². The van der Waals surface area contributed by atoms with Gasteiger partial charge in [-0.05, 0) is 29.8 Å². The summed E-state index contributed by atoms with van der Waals surface area (Å²) in [5, 5.41) is 0. The van der Waals surface area contributed by atoms with Crippen molar-refractivity contribution in [3.63, 3.8) is 0 Å². The first-order valence-electron chi connectivity index (χ1n) is 7.27. The number of pyridine rings is 2. The summed E-state index contributed by atoms with van der Waals surface area (Å²) in [6.07, 6.45) is 3.64. The minimum atomic E-state index is -0.543. The Hall–Kier alpha value is -2.47. The molecule has 1 aliphatic rings. The highest BCUT2D eigenvalue weighted by molar-refractivity contribution is 5.90. The Morgan fingerprint density at radius 1 is 1.18 bits per heavy atom. The number of rotatable bonds is 4. The van der Waals surface area contributed by atoms with Gasteiger partial charge >= 0.3 is 0 Å². The minimum Gasteiger partial charge on any atom is -0.364 e. The third kappa shape index (κ3) is 3.40. The van der Waals surface area contributed by atoms with Crippen molar-refractivity contribution in [3.05, 3.63) is 54.0 Å². The molecule has 0 atom stereocenters. The van der Waals surface area contributed by atoms with Crippen molar-refractivity contribution in [2.75, 3.05) is 31.1 Å². The quantitative estimate of drug-likeness (QED) is 0.899. The third-order valence-electron chi connectivity index (χ3n) is 3.76. The molecule has 0 aromatic carbocycles. The van der Waals surface area contributed by atoms with Crippen LogP contribution in [0.25, 0.3) is 0 Å². The van der Waals surface area contributed by atoms with E-state index in [1.165, 1.54) is 5.56 Å². The zero-order chi connectivity index (χ0) is 15.4. The van der Waals surface area contributed by atoms with E-state index < -0.39 is 5.91 Å². The van der Waals surface area contributed by atoms with Gasteiger partial charge in [-0.2, -0.15) is 0 Å². The molecule has 22 heavy (non-hydrogen) atoms. The SMILES string of the molecule is NC(=O)c1[c]ccc(N2CCN(Cc3ccncc3)CC2)n1. The van der Waals surface area contributed by atoms with Crippen molar-refractivity contribution in [1.29, 1.82) is 0 Å². The van der Waals surface area contributed by atoms with Crippen LogP contribution in [0, 0.1) is 6.07 Å². The van der Waals surface area contributed by atoms with Gasteiger partial charge in [0.05, 0.1) is 0 Å². The minimum absolute atomic E-state index is 0.191. The molecule has 113 valence electrons. The molecule has 1 radical (unpaired) electrons. The summed E-state index contributed by atoms with van der Waals surface area (Å²) in [6, 6.07) is 10.4. The molecule has 2 aromatic rings. The van der Waals surface area contributed by atoms with E-state index in [2.05, 4.69) is 25.8 Å². The van der Waals surface area contributed by atoms with Crippen LogP contribution < -0.4 is 10.6 Å². The van der Waals surface area contributed by atoms with Crippen LogP contribution in [0.15, 0.2) is 36.7 Å². The fraction of sp³-hybridized carbons (Fsp3) is 0.312. The van der Waals surface area contributed by atoms with Gasteiger partial charge in [0.2, 0.25) is 0 Å². The van der Waals surface area contributed by atoms with Crippen molar-refractivity contribution in [2.24, 2.45) is 5.73 Å². The first-order valence-corrected chi connectivity index (χ1v) is 7.27. The summed E-state index contributed by atoms with van der Waals surface area (Å²) < 4.78 is 0. The number of amides is 1. The Labute approximate surface area is 129 Å². The zero-order valence-electron chi connectivity index (χ0n) is 12.3. The average Bonchev–Trinajstić information content (AvgIpc) is 2.56. The third-order valence-corrected chi connectivity index (χ3v) is 3.76. The number of piperazine rings is 1. The van der Waals surface area contributed by atoms with Crippen LogP contribution >= 0.6 is 0 Å². The number of carbonyl (C=O) groups is 1. The molecule has 0 aliphatic carbocycles. The topological polar surface area (TPSA) is 75.4 Å². The number of primary amides is 1. The second-order valence-corrected chi connectivity index (χ2v) is 5.28. The maximum absolute atomic E-state index is 11.2. The van der Waals surface area contributed by atoms with Crippen molar-refractivity contribution < 1.29 is 4.79 Å². The fourth-order valence-corrected chi connectivity index (χ4v) is 2.56. The number of nitrogens with zero attached hydrogens (tertiary/aromatic N) is 4. The van der Waals surface area contributed by atoms with E-state index >= 15 is 0 Å². The molecule has 1 aliphatic heterocycles. The Morgan fingerprint density at radius 3 is 2.59 bits per heavy atom. The van der Waals surface area contributed by atoms with Crippen molar-refractivity contribution in [1.82, 2.24) is 14.9 Å². The van der Waals surface area contributed by atoms with Crippen LogP contribution in [0.3, 0.4) is 0 Å². The molecule has 6 heteroatoms. The largest absolute Gasteiger partial charge is 0.364 e. The van der Waals surface area contributed by atoms with Crippen LogP contribution in [0.2, 0.25) is 0 Å². The first kappa shape index (κ1) is 14.5. The lowest BCUT2D eigenvalue weighted by atomic mass is 10.2. The number of hydrogen-bond donors (Lipinski definition) is 1. The number of hydrogen-bond acceptors (Lipinski definition) is 5. The van der Waals surface area contributed by atoms with Crippen LogP contribution in [0.4, 0.5) is 5.82 Å². The highest BCUT2D eigenvalue weighted by atomic mass is 16.1. The van der Waals surface area contributed by atoms with E-state index in [4.69, 9.17) is 5.73 Å². The average molecular weight is 296 g/mol. The van der Waals surface area contributed by atoms with E-state index in [9.17, 15) is 4.79 Å². The lowest BCUT2D eigenvalue weighted by molar-refractivity contribution is 0.0995. The summed E-state index contributed by atoms with van der Waals surface area (Å²) in [6.45, 7) is 4.59. The predicted octanol–water partition coefficient (Wildman–Crippen LogP) is 0.698. The second kappa shape index (κ2) is 6.53. The van der Waals surface area contributed by atoms with Crippen LogP contribution in [0.5, 0.6) is 0 Å². The predicted molar refractivity (Wildman–Crippen MR) is 83.3 cm³/mol. The zero-order valence-corrected chi connectivity index (χ0v) is 12.3. The van der Waals surface area contributed by atoms with Gasteiger partial charge in [-0.25, -0.2) is 4.98 Å². The molecule has 1 saturated heterocycles. The Balaban J connectivity index is 1.60. The molecule has 2 aromatic heterocycles. The Bertz CT molecular complexity index is 638. The van der Waals surface area contributed by atoms with E-state index in [-0.39, 0.29) is 5.69 Å².